The third-order valence-electron chi connectivity index (χ3n) is 3.14. The molecule has 0 saturated heterocycles. The van der Waals surface area contributed by atoms with Crippen LogP contribution in [-0.2, 0) is 4.79 Å². The van der Waals surface area contributed by atoms with Crippen LogP contribution in [0.5, 0.6) is 0 Å². The molecule has 16 heavy (non-hydrogen) atoms. The number of halogens is 1. The van der Waals surface area contributed by atoms with Gasteiger partial charge in [-0.25, -0.2) is 0 Å². The maximum Gasteiger partial charge on any atom is 0.146 e. The summed E-state index contributed by atoms with van der Waals surface area (Å²) in [4.78, 5) is 13.4. The Labute approximate surface area is 102 Å². The molecule has 1 rings (SSSR count). The predicted molar refractivity (Wildman–Crippen MR) is 67.8 cm³/mol. The first-order chi connectivity index (χ1) is 7.43. The van der Waals surface area contributed by atoms with E-state index in [4.69, 9.17) is 11.6 Å². The summed E-state index contributed by atoms with van der Waals surface area (Å²) in [6, 6.07) is 7.86. The van der Waals surface area contributed by atoms with Crippen molar-refractivity contribution in [3.05, 3.63) is 34.9 Å². The molecule has 0 bridgehead atoms. The van der Waals surface area contributed by atoms with Crippen molar-refractivity contribution >= 4 is 17.4 Å². The smallest absolute Gasteiger partial charge is 0.146 e. The zero-order valence-corrected chi connectivity index (χ0v) is 11.0. The Morgan fingerprint density at radius 1 is 1.38 bits per heavy atom. The molecular formula is C13H18ClNO. The molecule has 0 heterocycles. The summed E-state index contributed by atoms with van der Waals surface area (Å²) in [5.41, 5.74) is 1.13. The van der Waals surface area contributed by atoms with Gasteiger partial charge in [-0.05, 0) is 45.5 Å². The van der Waals surface area contributed by atoms with Crippen molar-refractivity contribution in [3.8, 4) is 0 Å². The maximum absolute atomic E-state index is 11.3. The van der Waals surface area contributed by atoms with Crippen LogP contribution in [-0.4, -0.2) is 23.8 Å². The molecule has 88 valence electrons. The average Bonchev–Trinajstić information content (AvgIpc) is 2.26. The SMILES string of the molecule is CC(=O)C(C)N(C)C(C)c1cccc(Cl)c1. The monoisotopic (exact) mass is 239 g/mol. The average molecular weight is 240 g/mol. The van der Waals surface area contributed by atoms with Crippen LogP contribution in [0, 0.1) is 0 Å². The van der Waals surface area contributed by atoms with Gasteiger partial charge in [-0.3, -0.25) is 9.69 Å². The van der Waals surface area contributed by atoms with E-state index in [2.05, 4.69) is 6.92 Å². The number of hydrogen-bond donors (Lipinski definition) is 0. The molecule has 0 aliphatic heterocycles. The second kappa shape index (κ2) is 5.46. The van der Waals surface area contributed by atoms with Gasteiger partial charge >= 0.3 is 0 Å². The van der Waals surface area contributed by atoms with E-state index in [0.717, 1.165) is 10.6 Å². The van der Waals surface area contributed by atoms with Crippen molar-refractivity contribution in [2.24, 2.45) is 0 Å². The fourth-order valence-corrected chi connectivity index (χ4v) is 1.82. The predicted octanol–water partition coefficient (Wildman–Crippen LogP) is 3.31. The summed E-state index contributed by atoms with van der Waals surface area (Å²) < 4.78 is 0. The van der Waals surface area contributed by atoms with E-state index in [1.54, 1.807) is 6.92 Å². The number of carbonyl (C=O) groups excluding carboxylic acids is 1. The normalized spacial score (nSPS) is 14.9. The fourth-order valence-electron chi connectivity index (χ4n) is 1.62. The maximum atomic E-state index is 11.3. The lowest BCUT2D eigenvalue weighted by molar-refractivity contribution is -0.121. The molecule has 0 saturated carbocycles. The second-order valence-corrected chi connectivity index (χ2v) is 4.62. The fraction of sp³-hybridized carbons (Fsp3) is 0.462. The molecule has 0 aliphatic carbocycles. The largest absolute Gasteiger partial charge is 0.298 e. The highest BCUT2D eigenvalue weighted by molar-refractivity contribution is 6.30. The molecule has 0 fully saturated rings. The van der Waals surface area contributed by atoms with Crippen LogP contribution in [0.25, 0.3) is 0 Å². The number of benzene rings is 1. The van der Waals surface area contributed by atoms with Crippen molar-refractivity contribution in [2.45, 2.75) is 32.9 Å². The van der Waals surface area contributed by atoms with Crippen molar-refractivity contribution in [1.82, 2.24) is 4.90 Å². The van der Waals surface area contributed by atoms with Crippen LogP contribution in [0.15, 0.2) is 24.3 Å². The Balaban J connectivity index is 2.85. The molecule has 1 aromatic rings. The van der Waals surface area contributed by atoms with Crippen LogP contribution >= 0.6 is 11.6 Å². The number of nitrogens with zero attached hydrogens (tertiary/aromatic N) is 1. The number of Topliss-reactive ketones (excluding diaryl/α,β-unsaturated/α-hetero) is 1. The molecule has 0 N–H and O–H groups in total. The molecule has 0 spiro atoms. The lowest BCUT2D eigenvalue weighted by Crippen LogP contribution is -2.36. The third kappa shape index (κ3) is 3.06. The van der Waals surface area contributed by atoms with Gasteiger partial charge in [0.2, 0.25) is 0 Å². The summed E-state index contributed by atoms with van der Waals surface area (Å²) in [7, 11) is 1.96. The summed E-state index contributed by atoms with van der Waals surface area (Å²) in [6.07, 6.45) is 0. The van der Waals surface area contributed by atoms with Gasteiger partial charge in [-0.2, -0.15) is 0 Å². The number of hydrogen-bond acceptors (Lipinski definition) is 2. The van der Waals surface area contributed by atoms with Gasteiger partial charge in [0.1, 0.15) is 5.78 Å². The highest BCUT2D eigenvalue weighted by Gasteiger charge is 2.20. The van der Waals surface area contributed by atoms with Crippen molar-refractivity contribution in [3.63, 3.8) is 0 Å². The Hall–Kier alpha value is -0.860. The van der Waals surface area contributed by atoms with E-state index < -0.39 is 0 Å². The van der Waals surface area contributed by atoms with Gasteiger partial charge in [-0.1, -0.05) is 23.7 Å². The third-order valence-corrected chi connectivity index (χ3v) is 3.38. The summed E-state index contributed by atoms with van der Waals surface area (Å²) >= 11 is 5.95. The molecule has 0 aliphatic rings. The van der Waals surface area contributed by atoms with Gasteiger partial charge in [0, 0.05) is 11.1 Å². The van der Waals surface area contributed by atoms with Crippen LogP contribution in [0.2, 0.25) is 5.02 Å². The minimum atomic E-state index is -0.0750. The summed E-state index contributed by atoms with van der Waals surface area (Å²) in [6.45, 7) is 5.61. The first-order valence-electron chi connectivity index (χ1n) is 5.41. The van der Waals surface area contributed by atoms with E-state index in [1.165, 1.54) is 0 Å². The molecule has 0 amide bonds. The summed E-state index contributed by atoms with van der Waals surface area (Å²) in [5.74, 6) is 0.177. The number of carbonyl (C=O) groups is 1. The van der Waals surface area contributed by atoms with E-state index >= 15 is 0 Å². The van der Waals surface area contributed by atoms with Crippen LogP contribution < -0.4 is 0 Å². The first kappa shape index (κ1) is 13.2. The highest BCUT2D eigenvalue weighted by Crippen LogP contribution is 2.23. The summed E-state index contributed by atoms with van der Waals surface area (Å²) in [5, 5.41) is 0.730. The standard InChI is InChI=1S/C13H18ClNO/c1-9(11(3)16)15(4)10(2)12-6-5-7-13(14)8-12/h5-10H,1-4H3. The van der Waals surface area contributed by atoms with Crippen LogP contribution in [0.1, 0.15) is 32.4 Å². The number of ketones is 1. The Morgan fingerprint density at radius 3 is 2.50 bits per heavy atom. The molecule has 3 heteroatoms. The lowest BCUT2D eigenvalue weighted by Gasteiger charge is -2.29. The molecule has 1 aromatic carbocycles. The second-order valence-electron chi connectivity index (χ2n) is 4.18. The number of likely N-dealkylation sites (N-methyl/N-ethyl adjacent to an activating group) is 1. The minimum absolute atomic E-state index is 0.0750. The van der Waals surface area contributed by atoms with Crippen molar-refractivity contribution in [2.75, 3.05) is 7.05 Å². The van der Waals surface area contributed by atoms with Gasteiger partial charge < -0.3 is 0 Å². The highest BCUT2D eigenvalue weighted by atomic mass is 35.5. The van der Waals surface area contributed by atoms with E-state index in [1.807, 2.05) is 43.1 Å². The Kier molecular flexibility index (Phi) is 4.51. The first-order valence-corrected chi connectivity index (χ1v) is 5.79. The van der Waals surface area contributed by atoms with E-state index in [0.29, 0.717) is 0 Å². The lowest BCUT2D eigenvalue weighted by atomic mass is 10.0. The zero-order valence-electron chi connectivity index (χ0n) is 10.2. The van der Waals surface area contributed by atoms with Crippen LogP contribution in [0.3, 0.4) is 0 Å². The van der Waals surface area contributed by atoms with Crippen LogP contribution in [0.4, 0.5) is 0 Å². The molecular weight excluding hydrogens is 222 g/mol. The molecule has 2 unspecified atom stereocenters. The quantitative estimate of drug-likeness (QED) is 0.804. The van der Waals surface area contributed by atoms with Gasteiger partial charge in [0.05, 0.1) is 6.04 Å². The molecule has 2 atom stereocenters. The molecule has 2 nitrogen and oxygen atoms in total. The number of rotatable bonds is 4. The van der Waals surface area contributed by atoms with Gasteiger partial charge in [0.15, 0.2) is 0 Å². The zero-order chi connectivity index (χ0) is 12.3. The van der Waals surface area contributed by atoms with Gasteiger partial charge in [-0.15, -0.1) is 0 Å². The van der Waals surface area contributed by atoms with Gasteiger partial charge in [0.25, 0.3) is 0 Å². The van der Waals surface area contributed by atoms with E-state index in [9.17, 15) is 4.79 Å². The van der Waals surface area contributed by atoms with Crippen molar-refractivity contribution in [1.29, 1.82) is 0 Å². The minimum Gasteiger partial charge on any atom is -0.298 e. The Bertz CT molecular complexity index is 378. The van der Waals surface area contributed by atoms with Crippen molar-refractivity contribution < 1.29 is 4.79 Å². The van der Waals surface area contributed by atoms with E-state index in [-0.39, 0.29) is 17.9 Å². The Morgan fingerprint density at radius 2 is 2.00 bits per heavy atom. The molecule has 0 aromatic heterocycles. The topological polar surface area (TPSA) is 20.3 Å². The molecule has 0 radical (unpaired) electrons.